The normalized spacial score (nSPS) is 14.6. The number of aliphatic carboxylic acids is 1. The van der Waals surface area contributed by atoms with E-state index in [0.717, 1.165) is 18.2 Å². The Morgan fingerprint density at radius 2 is 2.36 bits per heavy atom. The highest BCUT2D eigenvalue weighted by atomic mass is 31.0. The van der Waals surface area contributed by atoms with E-state index in [9.17, 15) is 4.79 Å². The molecule has 2 atom stereocenters. The minimum Gasteiger partial charge on any atom is -0.480 e. The van der Waals surface area contributed by atoms with Gasteiger partial charge < -0.3 is 10.8 Å². The van der Waals surface area contributed by atoms with Crippen molar-refractivity contribution in [2.75, 3.05) is 6.16 Å². The molecule has 11 heavy (non-hydrogen) atoms. The molecule has 0 aliphatic rings. The standard InChI is InChI=1S/C7H14NO2P/c1-2-5(4-11)3-6(8)7(9)10/h3,6H,2,4,8,11H2,1H3,(H,9,10). The lowest BCUT2D eigenvalue weighted by atomic mass is 10.1. The fourth-order valence-corrected chi connectivity index (χ4v) is 1.08. The Balaban J connectivity index is 4.14. The topological polar surface area (TPSA) is 63.3 Å². The van der Waals surface area contributed by atoms with Crippen LogP contribution in [0.15, 0.2) is 11.6 Å². The van der Waals surface area contributed by atoms with Gasteiger partial charge in [0.05, 0.1) is 0 Å². The molecule has 0 bridgehead atoms. The van der Waals surface area contributed by atoms with Gasteiger partial charge >= 0.3 is 5.97 Å². The fourth-order valence-electron chi connectivity index (χ4n) is 0.655. The van der Waals surface area contributed by atoms with Crippen molar-refractivity contribution >= 4 is 15.2 Å². The van der Waals surface area contributed by atoms with Gasteiger partial charge in [-0.3, -0.25) is 4.79 Å². The van der Waals surface area contributed by atoms with E-state index in [0.29, 0.717) is 0 Å². The molecule has 3 nitrogen and oxygen atoms in total. The van der Waals surface area contributed by atoms with Crippen LogP contribution in [0.25, 0.3) is 0 Å². The summed E-state index contributed by atoms with van der Waals surface area (Å²) in [5.41, 5.74) is 6.34. The highest BCUT2D eigenvalue weighted by Gasteiger charge is 2.07. The lowest BCUT2D eigenvalue weighted by Crippen LogP contribution is -2.28. The van der Waals surface area contributed by atoms with Crippen LogP contribution in [-0.2, 0) is 4.79 Å². The molecule has 3 N–H and O–H groups in total. The van der Waals surface area contributed by atoms with E-state index in [1.54, 1.807) is 6.08 Å². The van der Waals surface area contributed by atoms with Crippen LogP contribution in [0.2, 0.25) is 0 Å². The molecule has 0 aliphatic carbocycles. The van der Waals surface area contributed by atoms with Gasteiger partial charge in [-0.25, -0.2) is 0 Å². The van der Waals surface area contributed by atoms with E-state index in [4.69, 9.17) is 10.8 Å². The summed E-state index contributed by atoms with van der Waals surface area (Å²) in [5.74, 6) is -0.977. The largest absolute Gasteiger partial charge is 0.480 e. The second-order valence-corrected chi connectivity index (χ2v) is 2.65. The van der Waals surface area contributed by atoms with Crippen LogP contribution in [0.3, 0.4) is 0 Å². The zero-order chi connectivity index (χ0) is 8.85. The molecule has 64 valence electrons. The molecule has 0 aliphatic heterocycles. The van der Waals surface area contributed by atoms with Gasteiger partial charge in [0.25, 0.3) is 0 Å². The highest BCUT2D eigenvalue weighted by molar-refractivity contribution is 7.16. The summed E-state index contributed by atoms with van der Waals surface area (Å²) >= 11 is 0. The molecule has 0 saturated heterocycles. The Kier molecular flexibility index (Phi) is 5.08. The van der Waals surface area contributed by atoms with Crippen molar-refractivity contribution in [2.24, 2.45) is 5.73 Å². The Morgan fingerprint density at radius 1 is 1.82 bits per heavy atom. The first-order chi connectivity index (χ1) is 5.11. The van der Waals surface area contributed by atoms with Gasteiger partial charge in [0.1, 0.15) is 6.04 Å². The second kappa shape index (κ2) is 5.28. The molecular weight excluding hydrogens is 161 g/mol. The summed E-state index contributed by atoms with van der Waals surface area (Å²) < 4.78 is 0. The number of carbonyl (C=O) groups is 1. The third kappa shape index (κ3) is 4.12. The summed E-state index contributed by atoms with van der Waals surface area (Å²) in [6.45, 7) is 1.98. The Morgan fingerprint density at radius 3 is 2.64 bits per heavy atom. The maximum Gasteiger partial charge on any atom is 0.324 e. The van der Waals surface area contributed by atoms with Crippen molar-refractivity contribution < 1.29 is 9.90 Å². The number of nitrogens with two attached hydrogens (primary N) is 1. The lowest BCUT2D eigenvalue weighted by molar-refractivity contribution is -0.137. The highest BCUT2D eigenvalue weighted by Crippen LogP contribution is 2.05. The van der Waals surface area contributed by atoms with Gasteiger partial charge in [-0.15, -0.1) is 9.24 Å². The number of rotatable bonds is 4. The van der Waals surface area contributed by atoms with Crippen LogP contribution < -0.4 is 5.73 Å². The fraction of sp³-hybridized carbons (Fsp3) is 0.571. The van der Waals surface area contributed by atoms with Crippen molar-refractivity contribution in [2.45, 2.75) is 19.4 Å². The molecule has 0 rings (SSSR count). The number of hydrogen-bond acceptors (Lipinski definition) is 2. The predicted molar refractivity (Wildman–Crippen MR) is 48.6 cm³/mol. The zero-order valence-corrected chi connectivity index (χ0v) is 7.73. The van der Waals surface area contributed by atoms with Crippen LogP contribution in [0.5, 0.6) is 0 Å². The lowest BCUT2D eigenvalue weighted by Gasteiger charge is -2.03. The Labute approximate surface area is 68.9 Å². The predicted octanol–water partition coefficient (Wildman–Crippen LogP) is 0.610. The van der Waals surface area contributed by atoms with E-state index >= 15 is 0 Å². The summed E-state index contributed by atoms with van der Waals surface area (Å²) in [7, 11) is 2.54. The third-order valence-electron chi connectivity index (χ3n) is 1.42. The van der Waals surface area contributed by atoms with Gasteiger partial charge in [0.2, 0.25) is 0 Å². The van der Waals surface area contributed by atoms with Crippen LogP contribution in [0.1, 0.15) is 13.3 Å². The summed E-state index contributed by atoms with van der Waals surface area (Å²) in [5, 5.41) is 8.45. The number of carboxylic acid groups (broad SMARTS) is 1. The number of allylic oxidation sites excluding steroid dienone is 1. The third-order valence-corrected chi connectivity index (χ3v) is 1.94. The second-order valence-electron chi connectivity index (χ2n) is 2.25. The minimum absolute atomic E-state index is 0.789. The van der Waals surface area contributed by atoms with Gasteiger partial charge in [-0.2, -0.15) is 0 Å². The van der Waals surface area contributed by atoms with Gasteiger partial charge in [-0.1, -0.05) is 18.6 Å². The molecule has 2 unspecified atom stereocenters. The van der Waals surface area contributed by atoms with E-state index in [1.807, 2.05) is 6.92 Å². The SMILES string of the molecule is CCC(=CC(N)C(=O)O)CP. The molecule has 0 aromatic carbocycles. The Hall–Kier alpha value is -0.400. The molecule has 0 aromatic heterocycles. The molecule has 0 heterocycles. The smallest absolute Gasteiger partial charge is 0.324 e. The van der Waals surface area contributed by atoms with Crippen molar-refractivity contribution in [1.29, 1.82) is 0 Å². The van der Waals surface area contributed by atoms with Gasteiger partial charge in [-0.05, 0) is 12.6 Å². The summed E-state index contributed by atoms with van der Waals surface area (Å²) in [6.07, 6.45) is 3.23. The first-order valence-electron chi connectivity index (χ1n) is 3.49. The molecule has 0 spiro atoms. The molecule has 0 radical (unpaired) electrons. The number of carboxylic acids is 1. The van der Waals surface area contributed by atoms with Gasteiger partial charge in [0, 0.05) is 0 Å². The van der Waals surface area contributed by atoms with Crippen LogP contribution in [0, 0.1) is 0 Å². The maximum absolute atomic E-state index is 10.3. The first kappa shape index (κ1) is 10.6. The Bertz CT molecular complexity index is 162. The average Bonchev–Trinajstić information content (AvgIpc) is 1.99. The van der Waals surface area contributed by atoms with E-state index < -0.39 is 12.0 Å². The quantitative estimate of drug-likeness (QED) is 0.486. The molecule has 0 fully saturated rings. The van der Waals surface area contributed by atoms with Crippen LogP contribution in [0.4, 0.5) is 0 Å². The molecule has 0 aromatic rings. The summed E-state index contributed by atoms with van der Waals surface area (Å²) in [4.78, 5) is 10.3. The van der Waals surface area contributed by atoms with E-state index in [2.05, 4.69) is 9.24 Å². The van der Waals surface area contributed by atoms with Crippen molar-refractivity contribution in [1.82, 2.24) is 0 Å². The zero-order valence-electron chi connectivity index (χ0n) is 6.58. The minimum atomic E-state index is -0.977. The monoisotopic (exact) mass is 175 g/mol. The van der Waals surface area contributed by atoms with E-state index in [1.165, 1.54) is 0 Å². The van der Waals surface area contributed by atoms with Gasteiger partial charge in [0.15, 0.2) is 0 Å². The molecule has 0 amide bonds. The van der Waals surface area contributed by atoms with Crippen molar-refractivity contribution in [3.8, 4) is 0 Å². The molecular formula is C7H14NO2P. The van der Waals surface area contributed by atoms with Crippen LogP contribution >= 0.6 is 9.24 Å². The molecule has 4 heteroatoms. The van der Waals surface area contributed by atoms with Crippen molar-refractivity contribution in [3.05, 3.63) is 11.6 Å². The maximum atomic E-state index is 10.3. The van der Waals surface area contributed by atoms with Crippen LogP contribution in [-0.4, -0.2) is 23.3 Å². The summed E-state index contributed by atoms with van der Waals surface area (Å²) in [6, 6.07) is -0.856. The first-order valence-corrected chi connectivity index (χ1v) is 4.31. The van der Waals surface area contributed by atoms with E-state index in [-0.39, 0.29) is 0 Å². The number of hydrogen-bond donors (Lipinski definition) is 2. The molecule has 0 saturated carbocycles. The van der Waals surface area contributed by atoms with Crippen molar-refractivity contribution in [3.63, 3.8) is 0 Å². The average molecular weight is 175 g/mol.